The molecule has 0 spiro atoms. The Morgan fingerprint density at radius 3 is 2.88 bits per heavy atom. The first-order valence-electron chi connectivity index (χ1n) is 6.38. The second-order valence-electron chi connectivity index (χ2n) is 5.10. The fourth-order valence-electron chi connectivity index (χ4n) is 2.37. The largest absolute Gasteiger partial charge is 0.383 e. The van der Waals surface area contributed by atoms with Crippen LogP contribution in [0.3, 0.4) is 0 Å². The van der Waals surface area contributed by atoms with Gasteiger partial charge in [0.15, 0.2) is 0 Å². The molecule has 1 aromatic rings. The van der Waals surface area contributed by atoms with Crippen molar-refractivity contribution in [2.75, 3.05) is 44.4 Å². The van der Waals surface area contributed by atoms with Crippen LogP contribution in [0.1, 0.15) is 12.8 Å². The monoisotopic (exact) mass is 233 g/mol. The van der Waals surface area contributed by atoms with Crippen LogP contribution in [0.25, 0.3) is 0 Å². The summed E-state index contributed by atoms with van der Waals surface area (Å²) in [7, 11) is 6.36. The van der Waals surface area contributed by atoms with Gasteiger partial charge in [0, 0.05) is 38.1 Å². The van der Waals surface area contributed by atoms with Crippen molar-refractivity contribution in [1.82, 2.24) is 4.90 Å². The highest BCUT2D eigenvalue weighted by Crippen LogP contribution is 2.19. The Morgan fingerprint density at radius 2 is 2.24 bits per heavy atom. The molecule has 1 saturated heterocycles. The molecule has 94 valence electrons. The standard InChI is InChI=1S/C14H23N3/c1-16(2)13-7-4-6-12(10-13)15-11-14-8-5-9-17(14)3/h4,6-7,10,14-15H,5,8-9,11H2,1-3H3. The lowest BCUT2D eigenvalue weighted by Gasteiger charge is -2.21. The Morgan fingerprint density at radius 1 is 1.41 bits per heavy atom. The second-order valence-corrected chi connectivity index (χ2v) is 5.10. The highest BCUT2D eigenvalue weighted by Gasteiger charge is 2.20. The number of hydrogen-bond donors (Lipinski definition) is 1. The quantitative estimate of drug-likeness (QED) is 0.860. The number of anilines is 2. The van der Waals surface area contributed by atoms with Crippen LogP contribution in [-0.4, -0.2) is 45.2 Å². The van der Waals surface area contributed by atoms with Crippen LogP contribution in [0.2, 0.25) is 0 Å². The van der Waals surface area contributed by atoms with Crippen molar-refractivity contribution in [1.29, 1.82) is 0 Å². The van der Waals surface area contributed by atoms with Crippen molar-refractivity contribution in [3.8, 4) is 0 Å². The van der Waals surface area contributed by atoms with Gasteiger partial charge in [-0.15, -0.1) is 0 Å². The van der Waals surface area contributed by atoms with Crippen molar-refractivity contribution < 1.29 is 0 Å². The lowest BCUT2D eigenvalue weighted by Crippen LogP contribution is -2.31. The number of nitrogens with one attached hydrogen (secondary N) is 1. The summed E-state index contributed by atoms with van der Waals surface area (Å²) in [6, 6.07) is 9.28. The van der Waals surface area contributed by atoms with Gasteiger partial charge in [-0.05, 0) is 44.6 Å². The maximum absolute atomic E-state index is 3.54. The van der Waals surface area contributed by atoms with Crippen LogP contribution >= 0.6 is 0 Å². The minimum Gasteiger partial charge on any atom is -0.383 e. The van der Waals surface area contributed by atoms with Gasteiger partial charge in [0.05, 0.1) is 0 Å². The molecular weight excluding hydrogens is 210 g/mol. The van der Waals surface area contributed by atoms with E-state index >= 15 is 0 Å². The molecule has 0 aliphatic carbocycles. The van der Waals surface area contributed by atoms with E-state index in [1.165, 1.54) is 30.8 Å². The SMILES string of the molecule is CN(C)c1cccc(NCC2CCCN2C)c1. The molecule has 0 aromatic heterocycles. The maximum atomic E-state index is 3.54. The molecule has 0 amide bonds. The Balaban J connectivity index is 1.92. The molecule has 3 nitrogen and oxygen atoms in total. The van der Waals surface area contributed by atoms with Gasteiger partial charge in [0.2, 0.25) is 0 Å². The molecule has 1 aromatic carbocycles. The molecule has 1 heterocycles. The van der Waals surface area contributed by atoms with Gasteiger partial charge >= 0.3 is 0 Å². The first kappa shape index (κ1) is 12.2. The van der Waals surface area contributed by atoms with E-state index in [1.807, 2.05) is 0 Å². The number of likely N-dealkylation sites (N-methyl/N-ethyl adjacent to an activating group) is 1. The molecule has 1 unspecified atom stereocenters. The normalized spacial score (nSPS) is 20.5. The average Bonchev–Trinajstić information content (AvgIpc) is 2.72. The number of benzene rings is 1. The second kappa shape index (κ2) is 5.41. The summed E-state index contributed by atoms with van der Waals surface area (Å²) in [5.74, 6) is 0. The third-order valence-corrected chi connectivity index (χ3v) is 3.58. The van der Waals surface area contributed by atoms with Gasteiger partial charge in [0.1, 0.15) is 0 Å². The van der Waals surface area contributed by atoms with Crippen LogP contribution in [0, 0.1) is 0 Å². The molecule has 1 aliphatic rings. The van der Waals surface area contributed by atoms with Crippen LogP contribution < -0.4 is 10.2 Å². The summed E-state index contributed by atoms with van der Waals surface area (Å²) >= 11 is 0. The lowest BCUT2D eigenvalue weighted by atomic mass is 10.2. The van der Waals surface area contributed by atoms with Gasteiger partial charge < -0.3 is 15.1 Å². The third kappa shape index (κ3) is 3.13. The smallest absolute Gasteiger partial charge is 0.0381 e. The Bertz CT molecular complexity index is 362. The first-order valence-corrected chi connectivity index (χ1v) is 6.38. The summed E-state index contributed by atoms with van der Waals surface area (Å²) in [5.41, 5.74) is 2.46. The molecule has 1 fully saturated rings. The predicted octanol–water partition coefficient (Wildman–Crippen LogP) is 2.26. The molecule has 0 bridgehead atoms. The van der Waals surface area contributed by atoms with Gasteiger partial charge in [-0.1, -0.05) is 6.07 Å². The fraction of sp³-hybridized carbons (Fsp3) is 0.571. The topological polar surface area (TPSA) is 18.5 Å². The zero-order valence-corrected chi connectivity index (χ0v) is 11.1. The van der Waals surface area contributed by atoms with Crippen molar-refractivity contribution in [2.45, 2.75) is 18.9 Å². The fourth-order valence-corrected chi connectivity index (χ4v) is 2.37. The Labute approximate surface area is 104 Å². The summed E-state index contributed by atoms with van der Waals surface area (Å²) in [5, 5.41) is 3.54. The number of likely N-dealkylation sites (tertiary alicyclic amines) is 1. The van der Waals surface area contributed by atoms with Gasteiger partial charge in [-0.2, -0.15) is 0 Å². The van der Waals surface area contributed by atoms with Crippen molar-refractivity contribution in [3.05, 3.63) is 24.3 Å². The summed E-state index contributed by atoms with van der Waals surface area (Å²) in [6.07, 6.45) is 2.65. The van der Waals surface area contributed by atoms with E-state index in [4.69, 9.17) is 0 Å². The molecule has 3 heteroatoms. The predicted molar refractivity (Wildman–Crippen MR) is 74.9 cm³/mol. The minimum atomic E-state index is 0.693. The summed E-state index contributed by atoms with van der Waals surface area (Å²) in [6.45, 7) is 2.29. The maximum Gasteiger partial charge on any atom is 0.0381 e. The van der Waals surface area contributed by atoms with Crippen LogP contribution in [0.15, 0.2) is 24.3 Å². The van der Waals surface area contributed by atoms with E-state index in [9.17, 15) is 0 Å². The first-order chi connectivity index (χ1) is 8.16. The number of hydrogen-bond acceptors (Lipinski definition) is 3. The Hall–Kier alpha value is -1.22. The van der Waals surface area contributed by atoms with E-state index in [0.717, 1.165) is 6.54 Å². The molecule has 17 heavy (non-hydrogen) atoms. The van der Waals surface area contributed by atoms with Crippen molar-refractivity contribution in [2.24, 2.45) is 0 Å². The zero-order valence-electron chi connectivity index (χ0n) is 11.1. The van der Waals surface area contributed by atoms with E-state index in [1.54, 1.807) is 0 Å². The third-order valence-electron chi connectivity index (χ3n) is 3.58. The van der Waals surface area contributed by atoms with Gasteiger partial charge in [0.25, 0.3) is 0 Å². The van der Waals surface area contributed by atoms with Crippen LogP contribution in [-0.2, 0) is 0 Å². The lowest BCUT2D eigenvalue weighted by molar-refractivity contribution is 0.322. The van der Waals surface area contributed by atoms with Crippen LogP contribution in [0.5, 0.6) is 0 Å². The van der Waals surface area contributed by atoms with Gasteiger partial charge in [-0.3, -0.25) is 0 Å². The average molecular weight is 233 g/mol. The highest BCUT2D eigenvalue weighted by molar-refractivity contribution is 5.57. The Kier molecular flexibility index (Phi) is 3.89. The van der Waals surface area contributed by atoms with E-state index in [-0.39, 0.29) is 0 Å². The number of nitrogens with zero attached hydrogens (tertiary/aromatic N) is 2. The van der Waals surface area contributed by atoms with Crippen molar-refractivity contribution >= 4 is 11.4 Å². The van der Waals surface area contributed by atoms with E-state index < -0.39 is 0 Å². The van der Waals surface area contributed by atoms with Crippen molar-refractivity contribution in [3.63, 3.8) is 0 Å². The van der Waals surface area contributed by atoms with Gasteiger partial charge in [-0.25, -0.2) is 0 Å². The van der Waals surface area contributed by atoms with E-state index in [0.29, 0.717) is 6.04 Å². The molecule has 1 N–H and O–H groups in total. The van der Waals surface area contributed by atoms with Crippen LogP contribution in [0.4, 0.5) is 11.4 Å². The molecule has 1 atom stereocenters. The number of rotatable bonds is 4. The summed E-state index contributed by atoms with van der Waals surface area (Å²) in [4.78, 5) is 4.58. The molecular formula is C14H23N3. The molecule has 1 aliphatic heterocycles. The molecule has 2 rings (SSSR count). The molecule has 0 radical (unpaired) electrons. The molecule has 0 saturated carbocycles. The summed E-state index contributed by atoms with van der Waals surface area (Å²) < 4.78 is 0. The highest BCUT2D eigenvalue weighted by atomic mass is 15.2. The minimum absolute atomic E-state index is 0.693. The zero-order chi connectivity index (χ0) is 12.3. The van der Waals surface area contributed by atoms with E-state index in [2.05, 4.69) is 60.5 Å².